The average Bonchev–Trinajstić information content (AvgIpc) is 2.42. The Hall–Kier alpha value is -0.120. The van der Waals surface area contributed by atoms with Gasteiger partial charge in [0.15, 0.2) is 0 Å². The van der Waals surface area contributed by atoms with E-state index in [0.717, 1.165) is 0 Å². The molecule has 0 bridgehead atoms. The third-order valence-corrected chi connectivity index (χ3v) is 3.22. The predicted octanol–water partition coefficient (Wildman–Crippen LogP) is 1.16. The van der Waals surface area contributed by atoms with E-state index in [-0.39, 0.29) is 6.10 Å². The zero-order valence-corrected chi connectivity index (χ0v) is 9.55. The maximum Gasteiger partial charge on any atom is 0.0897 e. The molecule has 0 amide bonds. The van der Waals surface area contributed by atoms with E-state index in [2.05, 4.69) is 19.2 Å². The highest BCUT2D eigenvalue weighted by Crippen LogP contribution is 2.36. The molecule has 0 unspecified atom stereocenters. The summed E-state index contributed by atoms with van der Waals surface area (Å²) in [6.45, 7) is 5.64. The second-order valence-electron chi connectivity index (χ2n) is 4.95. The van der Waals surface area contributed by atoms with Crippen LogP contribution in [0.5, 0.6) is 0 Å². The summed E-state index contributed by atoms with van der Waals surface area (Å²) in [6.07, 6.45) is 3.43. The zero-order valence-electron chi connectivity index (χ0n) is 9.55. The minimum atomic E-state index is -0.378. The molecule has 1 rings (SSSR count). The van der Waals surface area contributed by atoms with Crippen molar-refractivity contribution in [1.29, 1.82) is 0 Å². The van der Waals surface area contributed by atoms with Crippen LogP contribution in [-0.4, -0.2) is 37.5 Å². The van der Waals surface area contributed by atoms with E-state index in [0.29, 0.717) is 24.6 Å². The number of hydrogen-bond donors (Lipinski definition) is 2. The lowest BCUT2D eigenvalue weighted by Crippen LogP contribution is -2.42. The van der Waals surface area contributed by atoms with Crippen molar-refractivity contribution in [1.82, 2.24) is 5.32 Å². The largest absolute Gasteiger partial charge is 0.389 e. The molecule has 0 aromatic carbocycles. The van der Waals surface area contributed by atoms with Gasteiger partial charge in [-0.1, -0.05) is 20.3 Å². The van der Waals surface area contributed by atoms with Gasteiger partial charge >= 0.3 is 0 Å². The van der Waals surface area contributed by atoms with Crippen LogP contribution in [0.15, 0.2) is 0 Å². The molecule has 3 heteroatoms. The summed E-state index contributed by atoms with van der Waals surface area (Å²) >= 11 is 0. The zero-order chi connectivity index (χ0) is 10.6. The molecule has 84 valence electrons. The smallest absolute Gasteiger partial charge is 0.0897 e. The molecular weight excluding hydrogens is 178 g/mol. The summed E-state index contributed by atoms with van der Waals surface area (Å²) in [7, 11) is 1.61. The molecule has 1 aliphatic carbocycles. The van der Waals surface area contributed by atoms with Gasteiger partial charge in [0.25, 0.3) is 0 Å². The fraction of sp³-hybridized carbons (Fsp3) is 1.00. The number of methoxy groups -OCH3 is 1. The molecular formula is C11H23NO2. The third kappa shape index (κ3) is 3.23. The summed E-state index contributed by atoms with van der Waals surface area (Å²) in [5, 5.41) is 12.9. The summed E-state index contributed by atoms with van der Waals surface area (Å²) in [6, 6.07) is 0.550. The number of aliphatic hydroxyl groups is 1. The molecule has 2 atom stereocenters. The molecule has 14 heavy (non-hydrogen) atoms. The Bertz CT molecular complexity index is 171. The Kier molecular flexibility index (Phi) is 4.35. The van der Waals surface area contributed by atoms with Crippen molar-refractivity contribution in [2.75, 3.05) is 20.3 Å². The van der Waals surface area contributed by atoms with E-state index in [1.165, 1.54) is 19.3 Å². The number of rotatable bonds is 5. The standard InChI is InChI=1S/C11H23NO2/c1-11(2)6-4-5-10(11)12-7-9(13)8-14-3/h9-10,12-13H,4-8H2,1-3H3/t9-,10-/m0/s1. The minimum absolute atomic E-state index is 0.378. The quantitative estimate of drug-likeness (QED) is 0.701. The molecule has 0 saturated heterocycles. The van der Waals surface area contributed by atoms with Crippen molar-refractivity contribution in [3.05, 3.63) is 0 Å². The summed E-state index contributed by atoms with van der Waals surface area (Å²) in [5.74, 6) is 0. The lowest BCUT2D eigenvalue weighted by atomic mass is 9.87. The molecule has 1 saturated carbocycles. The van der Waals surface area contributed by atoms with Crippen LogP contribution >= 0.6 is 0 Å². The average molecular weight is 201 g/mol. The Morgan fingerprint density at radius 2 is 2.29 bits per heavy atom. The molecule has 0 aromatic rings. The lowest BCUT2D eigenvalue weighted by molar-refractivity contribution is 0.0600. The molecule has 1 fully saturated rings. The molecule has 2 N–H and O–H groups in total. The number of nitrogens with one attached hydrogen (secondary N) is 1. The lowest BCUT2D eigenvalue weighted by Gasteiger charge is -2.28. The molecule has 0 heterocycles. The first kappa shape index (κ1) is 12.0. The van der Waals surface area contributed by atoms with Crippen molar-refractivity contribution in [3.8, 4) is 0 Å². The molecule has 0 aromatic heterocycles. The van der Waals surface area contributed by atoms with Crippen LogP contribution in [0.25, 0.3) is 0 Å². The number of hydrogen-bond acceptors (Lipinski definition) is 3. The van der Waals surface area contributed by atoms with Gasteiger partial charge in [0.05, 0.1) is 12.7 Å². The van der Waals surface area contributed by atoms with Gasteiger partial charge in [-0.05, 0) is 18.3 Å². The maximum absolute atomic E-state index is 9.49. The van der Waals surface area contributed by atoms with E-state index < -0.39 is 0 Å². The van der Waals surface area contributed by atoms with Gasteiger partial charge in [-0.3, -0.25) is 0 Å². The van der Waals surface area contributed by atoms with E-state index >= 15 is 0 Å². The fourth-order valence-electron chi connectivity index (χ4n) is 2.23. The van der Waals surface area contributed by atoms with Gasteiger partial charge in [-0.25, -0.2) is 0 Å². The Morgan fingerprint density at radius 3 is 2.79 bits per heavy atom. The van der Waals surface area contributed by atoms with Gasteiger partial charge in [-0.15, -0.1) is 0 Å². The van der Waals surface area contributed by atoms with Crippen LogP contribution in [0.4, 0.5) is 0 Å². The van der Waals surface area contributed by atoms with Crippen molar-refractivity contribution in [2.45, 2.75) is 45.3 Å². The molecule has 0 radical (unpaired) electrons. The van der Waals surface area contributed by atoms with E-state index in [4.69, 9.17) is 4.74 Å². The first-order valence-corrected chi connectivity index (χ1v) is 5.46. The Morgan fingerprint density at radius 1 is 1.57 bits per heavy atom. The Balaban J connectivity index is 2.24. The van der Waals surface area contributed by atoms with E-state index in [1.807, 2.05) is 0 Å². The van der Waals surface area contributed by atoms with Crippen LogP contribution in [-0.2, 0) is 4.74 Å². The van der Waals surface area contributed by atoms with Crippen LogP contribution in [0.3, 0.4) is 0 Å². The Labute approximate surface area is 86.8 Å². The van der Waals surface area contributed by atoms with Crippen LogP contribution in [0.2, 0.25) is 0 Å². The number of ether oxygens (including phenoxy) is 1. The molecule has 1 aliphatic rings. The minimum Gasteiger partial charge on any atom is -0.389 e. The molecule has 0 spiro atoms. The van der Waals surface area contributed by atoms with Gasteiger partial charge in [0.1, 0.15) is 0 Å². The van der Waals surface area contributed by atoms with Crippen molar-refractivity contribution in [3.63, 3.8) is 0 Å². The second kappa shape index (κ2) is 5.10. The monoisotopic (exact) mass is 201 g/mol. The normalized spacial score (nSPS) is 27.9. The highest BCUT2D eigenvalue weighted by molar-refractivity contribution is 4.90. The first-order valence-electron chi connectivity index (χ1n) is 5.46. The van der Waals surface area contributed by atoms with Crippen molar-refractivity contribution in [2.24, 2.45) is 5.41 Å². The second-order valence-corrected chi connectivity index (χ2v) is 4.95. The van der Waals surface area contributed by atoms with Crippen molar-refractivity contribution < 1.29 is 9.84 Å². The van der Waals surface area contributed by atoms with Crippen LogP contribution in [0, 0.1) is 5.41 Å². The van der Waals surface area contributed by atoms with Gasteiger partial charge in [0.2, 0.25) is 0 Å². The van der Waals surface area contributed by atoms with Crippen LogP contribution < -0.4 is 5.32 Å². The van der Waals surface area contributed by atoms with Gasteiger partial charge < -0.3 is 15.2 Å². The van der Waals surface area contributed by atoms with Gasteiger partial charge in [0, 0.05) is 19.7 Å². The fourth-order valence-corrected chi connectivity index (χ4v) is 2.23. The van der Waals surface area contributed by atoms with Crippen molar-refractivity contribution >= 4 is 0 Å². The van der Waals surface area contributed by atoms with Gasteiger partial charge in [-0.2, -0.15) is 0 Å². The summed E-state index contributed by atoms with van der Waals surface area (Å²) in [4.78, 5) is 0. The van der Waals surface area contributed by atoms with Crippen LogP contribution in [0.1, 0.15) is 33.1 Å². The SMILES string of the molecule is COC[C@@H](O)CN[C@H]1CCCC1(C)C. The van der Waals surface area contributed by atoms with E-state index in [9.17, 15) is 5.11 Å². The molecule has 0 aliphatic heterocycles. The van der Waals surface area contributed by atoms with E-state index in [1.54, 1.807) is 7.11 Å². The highest BCUT2D eigenvalue weighted by Gasteiger charge is 2.33. The first-order chi connectivity index (χ1) is 6.56. The topological polar surface area (TPSA) is 41.5 Å². The third-order valence-electron chi connectivity index (χ3n) is 3.22. The highest BCUT2D eigenvalue weighted by atomic mass is 16.5. The summed E-state index contributed by atoms with van der Waals surface area (Å²) in [5.41, 5.74) is 0.382. The predicted molar refractivity (Wildman–Crippen MR) is 57.3 cm³/mol. The molecule has 3 nitrogen and oxygen atoms in total. The number of aliphatic hydroxyl groups excluding tert-OH is 1. The summed E-state index contributed by atoms with van der Waals surface area (Å²) < 4.78 is 4.88. The maximum atomic E-state index is 9.49.